The van der Waals surface area contributed by atoms with E-state index in [-0.39, 0.29) is 5.69 Å². The van der Waals surface area contributed by atoms with Gasteiger partial charge in [-0.05, 0) is 24.3 Å². The van der Waals surface area contributed by atoms with E-state index in [1.165, 1.54) is 12.1 Å². The number of nitro groups is 1. The topological polar surface area (TPSA) is 68.9 Å². The van der Waals surface area contributed by atoms with E-state index < -0.39 is 4.92 Å². The lowest BCUT2D eigenvalue weighted by molar-refractivity contribution is -0.384. The highest BCUT2D eigenvalue weighted by Gasteiger charge is 2.07. The lowest BCUT2D eigenvalue weighted by atomic mass is 10.1. The molecule has 1 heterocycles. The van der Waals surface area contributed by atoms with E-state index in [1.807, 2.05) is 42.5 Å². The van der Waals surface area contributed by atoms with E-state index in [9.17, 15) is 10.1 Å². The fourth-order valence-corrected chi connectivity index (χ4v) is 2.00. The van der Waals surface area contributed by atoms with Gasteiger partial charge in [0.15, 0.2) is 0 Å². The summed E-state index contributed by atoms with van der Waals surface area (Å²) in [5.41, 5.74) is 3.34. The minimum Gasteiger partial charge on any atom is -0.258 e. The second kappa shape index (κ2) is 5.50. The zero-order valence-electron chi connectivity index (χ0n) is 11.0. The number of hydrogen-bond donors (Lipinski definition) is 0. The lowest BCUT2D eigenvalue weighted by Gasteiger charge is -2.02. The number of nitro benzene ring substituents is 1. The van der Waals surface area contributed by atoms with Gasteiger partial charge in [-0.15, -0.1) is 10.2 Å². The van der Waals surface area contributed by atoms with Crippen LogP contribution in [0, 0.1) is 10.1 Å². The molecule has 102 valence electrons. The molecule has 0 aliphatic rings. The van der Waals surface area contributed by atoms with Gasteiger partial charge in [-0.25, -0.2) is 0 Å². The third kappa shape index (κ3) is 2.76. The molecule has 3 rings (SSSR count). The third-order valence-electron chi connectivity index (χ3n) is 3.11. The molecule has 3 aromatic rings. The molecule has 0 saturated carbocycles. The van der Waals surface area contributed by atoms with Gasteiger partial charge >= 0.3 is 0 Å². The number of non-ortho nitro benzene ring substituents is 1. The summed E-state index contributed by atoms with van der Waals surface area (Å²) in [6.45, 7) is 0. The van der Waals surface area contributed by atoms with Gasteiger partial charge in [0, 0.05) is 23.3 Å². The Morgan fingerprint density at radius 2 is 1.24 bits per heavy atom. The first-order valence-electron chi connectivity index (χ1n) is 6.38. The molecule has 0 amide bonds. The number of rotatable bonds is 3. The van der Waals surface area contributed by atoms with Crippen LogP contribution in [0.2, 0.25) is 0 Å². The minimum absolute atomic E-state index is 0.0626. The SMILES string of the molecule is O=[N+]([O-])c1ccc(-c2ccc(-c3ccccc3)nn2)cc1. The van der Waals surface area contributed by atoms with Crippen molar-refractivity contribution >= 4 is 5.69 Å². The van der Waals surface area contributed by atoms with Crippen LogP contribution in [0.25, 0.3) is 22.5 Å². The van der Waals surface area contributed by atoms with Crippen LogP contribution in [0.4, 0.5) is 5.69 Å². The molecule has 0 aliphatic heterocycles. The lowest BCUT2D eigenvalue weighted by Crippen LogP contribution is -1.91. The van der Waals surface area contributed by atoms with Gasteiger partial charge in [0.05, 0.1) is 16.3 Å². The van der Waals surface area contributed by atoms with Gasteiger partial charge in [-0.1, -0.05) is 30.3 Å². The molecule has 0 aliphatic carbocycles. The van der Waals surface area contributed by atoms with Crippen molar-refractivity contribution in [2.45, 2.75) is 0 Å². The second-order valence-electron chi connectivity index (χ2n) is 4.47. The van der Waals surface area contributed by atoms with Gasteiger partial charge in [0.1, 0.15) is 0 Å². The molecule has 0 bridgehead atoms. The summed E-state index contributed by atoms with van der Waals surface area (Å²) in [7, 11) is 0. The first kappa shape index (κ1) is 12.9. The Labute approximate surface area is 121 Å². The molecule has 0 atom stereocenters. The number of hydrogen-bond acceptors (Lipinski definition) is 4. The minimum atomic E-state index is -0.423. The summed E-state index contributed by atoms with van der Waals surface area (Å²) in [4.78, 5) is 10.2. The van der Waals surface area contributed by atoms with Crippen molar-refractivity contribution in [1.29, 1.82) is 0 Å². The Hall–Kier alpha value is -3.08. The molecule has 0 fully saturated rings. The number of nitrogens with zero attached hydrogens (tertiary/aromatic N) is 3. The Morgan fingerprint density at radius 1 is 0.714 bits per heavy atom. The van der Waals surface area contributed by atoms with Gasteiger partial charge in [0.25, 0.3) is 5.69 Å². The zero-order chi connectivity index (χ0) is 14.7. The van der Waals surface area contributed by atoms with Crippen LogP contribution in [-0.2, 0) is 0 Å². The molecule has 5 nitrogen and oxygen atoms in total. The molecular formula is C16H11N3O2. The fraction of sp³-hybridized carbons (Fsp3) is 0. The van der Waals surface area contributed by atoms with Crippen LogP contribution in [0.5, 0.6) is 0 Å². The van der Waals surface area contributed by atoms with Crippen molar-refractivity contribution in [2.24, 2.45) is 0 Å². The average Bonchev–Trinajstić information content (AvgIpc) is 2.56. The van der Waals surface area contributed by atoms with Crippen LogP contribution < -0.4 is 0 Å². The van der Waals surface area contributed by atoms with Gasteiger partial charge in [-0.2, -0.15) is 0 Å². The van der Waals surface area contributed by atoms with E-state index in [2.05, 4.69) is 10.2 Å². The summed E-state index contributed by atoms with van der Waals surface area (Å²) in [6, 6.07) is 19.8. The van der Waals surface area contributed by atoms with E-state index in [0.717, 1.165) is 16.8 Å². The Kier molecular flexibility index (Phi) is 3.39. The maximum atomic E-state index is 10.6. The van der Waals surface area contributed by atoms with Gasteiger partial charge in [0.2, 0.25) is 0 Å². The maximum Gasteiger partial charge on any atom is 0.269 e. The third-order valence-corrected chi connectivity index (χ3v) is 3.11. The Bertz CT molecular complexity index is 754. The molecular weight excluding hydrogens is 266 g/mol. The highest BCUT2D eigenvalue weighted by atomic mass is 16.6. The zero-order valence-corrected chi connectivity index (χ0v) is 11.0. The molecule has 0 saturated heterocycles. The van der Waals surface area contributed by atoms with Crippen LogP contribution in [0.3, 0.4) is 0 Å². The summed E-state index contributed by atoms with van der Waals surface area (Å²) in [5.74, 6) is 0. The quantitative estimate of drug-likeness (QED) is 0.540. The van der Waals surface area contributed by atoms with E-state index in [4.69, 9.17) is 0 Å². The highest BCUT2D eigenvalue weighted by Crippen LogP contribution is 2.22. The number of aromatic nitrogens is 2. The van der Waals surface area contributed by atoms with Crippen molar-refractivity contribution in [3.8, 4) is 22.5 Å². The molecule has 0 N–H and O–H groups in total. The van der Waals surface area contributed by atoms with Crippen molar-refractivity contribution in [2.75, 3.05) is 0 Å². The van der Waals surface area contributed by atoms with Crippen molar-refractivity contribution < 1.29 is 4.92 Å². The molecule has 0 unspecified atom stereocenters. The molecule has 0 spiro atoms. The molecule has 21 heavy (non-hydrogen) atoms. The first-order valence-corrected chi connectivity index (χ1v) is 6.38. The van der Waals surface area contributed by atoms with E-state index in [1.54, 1.807) is 12.1 Å². The van der Waals surface area contributed by atoms with E-state index >= 15 is 0 Å². The summed E-state index contributed by atoms with van der Waals surface area (Å²) in [6.07, 6.45) is 0. The van der Waals surface area contributed by atoms with Crippen molar-refractivity contribution in [3.05, 3.63) is 76.8 Å². The highest BCUT2D eigenvalue weighted by molar-refractivity contribution is 5.64. The smallest absolute Gasteiger partial charge is 0.258 e. The molecule has 1 aromatic heterocycles. The average molecular weight is 277 g/mol. The predicted molar refractivity (Wildman–Crippen MR) is 79.6 cm³/mol. The summed E-state index contributed by atoms with van der Waals surface area (Å²) < 4.78 is 0. The fourth-order valence-electron chi connectivity index (χ4n) is 2.00. The second-order valence-corrected chi connectivity index (χ2v) is 4.47. The largest absolute Gasteiger partial charge is 0.269 e. The van der Waals surface area contributed by atoms with Crippen molar-refractivity contribution in [1.82, 2.24) is 10.2 Å². The van der Waals surface area contributed by atoms with Gasteiger partial charge < -0.3 is 0 Å². The van der Waals surface area contributed by atoms with Crippen LogP contribution in [0.1, 0.15) is 0 Å². The summed E-state index contributed by atoms with van der Waals surface area (Å²) in [5, 5.41) is 19.0. The molecule has 5 heteroatoms. The van der Waals surface area contributed by atoms with Crippen LogP contribution >= 0.6 is 0 Å². The molecule has 0 radical (unpaired) electrons. The Balaban J connectivity index is 1.89. The normalized spacial score (nSPS) is 10.3. The van der Waals surface area contributed by atoms with Crippen molar-refractivity contribution in [3.63, 3.8) is 0 Å². The standard InChI is InChI=1S/C16H11N3O2/c20-19(21)14-8-6-13(7-9-14)16-11-10-15(17-18-16)12-4-2-1-3-5-12/h1-11H. The predicted octanol–water partition coefficient (Wildman–Crippen LogP) is 3.72. The Morgan fingerprint density at radius 3 is 1.71 bits per heavy atom. The van der Waals surface area contributed by atoms with E-state index in [0.29, 0.717) is 5.69 Å². The monoisotopic (exact) mass is 277 g/mol. The summed E-state index contributed by atoms with van der Waals surface area (Å²) >= 11 is 0. The number of benzene rings is 2. The maximum absolute atomic E-state index is 10.6. The van der Waals surface area contributed by atoms with Gasteiger partial charge in [-0.3, -0.25) is 10.1 Å². The van der Waals surface area contributed by atoms with Crippen LogP contribution in [-0.4, -0.2) is 15.1 Å². The van der Waals surface area contributed by atoms with Crippen LogP contribution in [0.15, 0.2) is 66.7 Å². The molecule has 2 aromatic carbocycles. The first-order chi connectivity index (χ1) is 10.2.